The molecule has 9 heteroatoms. The standard InChI is InChI=1S/C17H16ClFN4O2S/c1-12(13-3-5-14(6-4-13)23-11-20-10-21-23)22(2)26(24,25)15-7-8-17(19)16(18)9-15/h3-12H,1-2H3. The van der Waals surface area contributed by atoms with Crippen LogP contribution >= 0.6 is 11.6 Å². The first-order chi connectivity index (χ1) is 12.3. The van der Waals surface area contributed by atoms with E-state index < -0.39 is 21.9 Å². The minimum absolute atomic E-state index is 0.0579. The minimum Gasteiger partial charge on any atom is -0.223 e. The molecular weight excluding hydrogens is 379 g/mol. The molecule has 2 aromatic carbocycles. The van der Waals surface area contributed by atoms with Crippen LogP contribution in [0.1, 0.15) is 18.5 Å². The van der Waals surface area contributed by atoms with E-state index in [0.717, 1.165) is 23.4 Å². The predicted octanol–water partition coefficient (Wildman–Crippen LogP) is 3.44. The molecule has 0 bridgehead atoms. The highest BCUT2D eigenvalue weighted by molar-refractivity contribution is 7.89. The quantitative estimate of drug-likeness (QED) is 0.664. The highest BCUT2D eigenvalue weighted by atomic mass is 35.5. The molecule has 0 aliphatic rings. The van der Waals surface area contributed by atoms with E-state index in [4.69, 9.17) is 11.6 Å². The second kappa shape index (κ2) is 7.14. The summed E-state index contributed by atoms with van der Waals surface area (Å²) in [6.45, 7) is 1.77. The van der Waals surface area contributed by atoms with Gasteiger partial charge in [0.25, 0.3) is 0 Å². The Morgan fingerprint density at radius 2 is 1.88 bits per heavy atom. The van der Waals surface area contributed by atoms with E-state index in [1.165, 1.54) is 23.7 Å². The first-order valence-electron chi connectivity index (χ1n) is 7.69. The van der Waals surface area contributed by atoms with Crippen LogP contribution in [-0.4, -0.2) is 34.5 Å². The lowest BCUT2D eigenvalue weighted by Crippen LogP contribution is -2.29. The van der Waals surface area contributed by atoms with E-state index in [1.807, 2.05) is 24.3 Å². The van der Waals surface area contributed by atoms with Gasteiger partial charge in [-0.15, -0.1) is 0 Å². The molecule has 1 aromatic heterocycles. The maximum Gasteiger partial charge on any atom is 0.243 e. The number of halogens is 2. The van der Waals surface area contributed by atoms with Crippen molar-refractivity contribution in [2.45, 2.75) is 17.9 Å². The smallest absolute Gasteiger partial charge is 0.223 e. The molecule has 1 heterocycles. The number of aromatic nitrogens is 3. The number of rotatable bonds is 5. The zero-order chi connectivity index (χ0) is 18.9. The highest BCUT2D eigenvalue weighted by Crippen LogP contribution is 2.28. The van der Waals surface area contributed by atoms with Crippen LogP contribution in [0.2, 0.25) is 5.02 Å². The lowest BCUT2D eigenvalue weighted by molar-refractivity contribution is 0.398. The second-order valence-electron chi connectivity index (χ2n) is 5.70. The number of hydrogen-bond acceptors (Lipinski definition) is 4. The monoisotopic (exact) mass is 394 g/mol. The molecule has 0 amide bonds. The van der Waals surface area contributed by atoms with Gasteiger partial charge in [0, 0.05) is 13.1 Å². The SMILES string of the molecule is CC(c1ccc(-n2cncn2)cc1)N(C)S(=O)(=O)c1ccc(F)c(Cl)c1. The van der Waals surface area contributed by atoms with Crippen LogP contribution < -0.4 is 0 Å². The molecule has 0 spiro atoms. The Morgan fingerprint density at radius 1 is 1.19 bits per heavy atom. The van der Waals surface area contributed by atoms with Gasteiger partial charge >= 0.3 is 0 Å². The third-order valence-corrected chi connectivity index (χ3v) is 6.39. The van der Waals surface area contributed by atoms with Crippen molar-refractivity contribution in [3.63, 3.8) is 0 Å². The van der Waals surface area contributed by atoms with Gasteiger partial charge < -0.3 is 0 Å². The summed E-state index contributed by atoms with van der Waals surface area (Å²) >= 11 is 5.72. The normalized spacial score (nSPS) is 13.1. The predicted molar refractivity (Wildman–Crippen MR) is 96.1 cm³/mol. The third-order valence-electron chi connectivity index (χ3n) is 4.17. The van der Waals surface area contributed by atoms with Gasteiger partial charge in [0.2, 0.25) is 10.0 Å². The Hall–Kier alpha value is -2.29. The van der Waals surface area contributed by atoms with E-state index >= 15 is 0 Å². The van der Waals surface area contributed by atoms with E-state index in [9.17, 15) is 12.8 Å². The van der Waals surface area contributed by atoms with Crippen LogP contribution in [0.5, 0.6) is 0 Å². The van der Waals surface area contributed by atoms with Crippen LogP contribution in [0.4, 0.5) is 4.39 Å². The molecule has 0 N–H and O–H groups in total. The largest absolute Gasteiger partial charge is 0.243 e. The van der Waals surface area contributed by atoms with Crippen LogP contribution in [0, 0.1) is 5.82 Å². The van der Waals surface area contributed by atoms with Crippen molar-refractivity contribution in [1.82, 2.24) is 19.1 Å². The number of sulfonamides is 1. The number of hydrogen-bond donors (Lipinski definition) is 0. The Balaban J connectivity index is 1.86. The lowest BCUT2D eigenvalue weighted by atomic mass is 10.1. The fraction of sp³-hybridized carbons (Fsp3) is 0.176. The van der Waals surface area contributed by atoms with Gasteiger partial charge in [-0.3, -0.25) is 0 Å². The maximum atomic E-state index is 13.3. The molecule has 0 fully saturated rings. The van der Waals surface area contributed by atoms with Gasteiger partial charge in [-0.05, 0) is 42.8 Å². The Morgan fingerprint density at radius 3 is 2.46 bits per heavy atom. The van der Waals surface area contributed by atoms with Crippen LogP contribution in [-0.2, 0) is 10.0 Å². The minimum atomic E-state index is -3.82. The molecule has 0 radical (unpaired) electrons. The number of benzene rings is 2. The summed E-state index contributed by atoms with van der Waals surface area (Å²) in [5.74, 6) is -0.662. The molecule has 1 atom stereocenters. The average molecular weight is 395 g/mol. The summed E-state index contributed by atoms with van der Waals surface area (Å²) in [6, 6.07) is 10.2. The maximum absolute atomic E-state index is 13.3. The Labute approximate surface area is 155 Å². The van der Waals surface area contributed by atoms with Crippen LogP contribution in [0.15, 0.2) is 60.0 Å². The Bertz CT molecular complexity index is 1010. The molecule has 3 aromatic rings. The van der Waals surface area contributed by atoms with E-state index in [1.54, 1.807) is 17.9 Å². The molecule has 0 aliphatic carbocycles. The van der Waals surface area contributed by atoms with E-state index in [-0.39, 0.29) is 9.92 Å². The van der Waals surface area contributed by atoms with Crippen molar-refractivity contribution in [1.29, 1.82) is 0 Å². The molecule has 0 saturated heterocycles. The van der Waals surface area contributed by atoms with Crippen molar-refractivity contribution in [3.8, 4) is 5.69 Å². The third kappa shape index (κ3) is 3.48. The molecule has 0 aliphatic heterocycles. The first-order valence-corrected chi connectivity index (χ1v) is 9.50. The molecule has 3 rings (SSSR count). The molecule has 26 heavy (non-hydrogen) atoms. The van der Waals surface area contributed by atoms with Crippen LogP contribution in [0.25, 0.3) is 5.69 Å². The van der Waals surface area contributed by atoms with E-state index in [0.29, 0.717) is 0 Å². The molecular formula is C17H16ClFN4O2S. The topological polar surface area (TPSA) is 68.1 Å². The summed E-state index contributed by atoms with van der Waals surface area (Å²) in [5.41, 5.74) is 1.61. The van der Waals surface area contributed by atoms with Gasteiger partial charge in [-0.25, -0.2) is 22.5 Å². The fourth-order valence-electron chi connectivity index (χ4n) is 2.47. The zero-order valence-corrected chi connectivity index (χ0v) is 15.6. The van der Waals surface area contributed by atoms with Crippen molar-refractivity contribution < 1.29 is 12.8 Å². The Kier molecular flexibility index (Phi) is 5.08. The zero-order valence-electron chi connectivity index (χ0n) is 14.0. The van der Waals surface area contributed by atoms with Crippen molar-refractivity contribution in [2.24, 2.45) is 0 Å². The molecule has 1 unspecified atom stereocenters. The summed E-state index contributed by atoms with van der Waals surface area (Å²) < 4.78 is 41.7. The number of nitrogens with zero attached hydrogens (tertiary/aromatic N) is 4. The molecule has 0 saturated carbocycles. The van der Waals surface area contributed by atoms with Crippen molar-refractivity contribution in [2.75, 3.05) is 7.05 Å². The summed E-state index contributed by atoms with van der Waals surface area (Å²) in [6.07, 6.45) is 3.01. The van der Waals surface area contributed by atoms with Crippen molar-refractivity contribution >= 4 is 21.6 Å². The summed E-state index contributed by atoms with van der Waals surface area (Å²) in [5, 5.41) is 3.81. The lowest BCUT2D eigenvalue weighted by Gasteiger charge is -2.25. The summed E-state index contributed by atoms with van der Waals surface area (Å²) in [7, 11) is -2.35. The second-order valence-corrected chi connectivity index (χ2v) is 8.11. The summed E-state index contributed by atoms with van der Waals surface area (Å²) in [4.78, 5) is 3.83. The van der Waals surface area contributed by atoms with Gasteiger partial charge in [0.15, 0.2) is 0 Å². The van der Waals surface area contributed by atoms with E-state index in [2.05, 4.69) is 10.1 Å². The van der Waals surface area contributed by atoms with Gasteiger partial charge in [0.05, 0.1) is 15.6 Å². The molecule has 6 nitrogen and oxygen atoms in total. The first kappa shape index (κ1) is 18.5. The van der Waals surface area contributed by atoms with Crippen LogP contribution in [0.3, 0.4) is 0 Å². The van der Waals surface area contributed by atoms with Gasteiger partial charge in [-0.2, -0.15) is 9.40 Å². The fourth-order valence-corrected chi connectivity index (χ4v) is 4.09. The average Bonchev–Trinajstić information content (AvgIpc) is 3.17. The highest BCUT2D eigenvalue weighted by Gasteiger charge is 2.27. The van der Waals surface area contributed by atoms with Crippen molar-refractivity contribution in [3.05, 3.63) is 71.5 Å². The van der Waals surface area contributed by atoms with Gasteiger partial charge in [-0.1, -0.05) is 23.7 Å². The van der Waals surface area contributed by atoms with Gasteiger partial charge in [0.1, 0.15) is 18.5 Å². The molecule has 136 valence electrons.